The normalized spacial score (nSPS) is 27.4. The lowest BCUT2D eigenvalue weighted by atomic mass is 10.00. The lowest BCUT2D eigenvalue weighted by molar-refractivity contribution is 0.256. The van der Waals surface area contributed by atoms with Crippen LogP contribution in [0.25, 0.3) is 20.7 Å². The van der Waals surface area contributed by atoms with E-state index in [9.17, 15) is 4.79 Å². The molecule has 5 heterocycles. The van der Waals surface area contributed by atoms with E-state index in [-0.39, 0.29) is 5.56 Å². The van der Waals surface area contributed by atoms with Gasteiger partial charge in [0.05, 0.1) is 17.3 Å². The minimum Gasteiger partial charge on any atom is -0.308 e. The molecule has 0 spiro atoms. The molecule has 2 bridgehead atoms. The Labute approximate surface area is 148 Å². The van der Waals surface area contributed by atoms with Gasteiger partial charge in [-0.3, -0.25) is 14.8 Å². The quantitative estimate of drug-likeness (QED) is 0.705. The van der Waals surface area contributed by atoms with Gasteiger partial charge in [-0.25, -0.2) is 4.98 Å². The Morgan fingerprint density at radius 1 is 1.32 bits per heavy atom. The Hall–Kier alpha value is -1.99. The van der Waals surface area contributed by atoms with Crippen molar-refractivity contribution in [3.05, 3.63) is 33.6 Å². The zero-order valence-corrected chi connectivity index (χ0v) is 14.7. The number of aromatic amines is 2. The minimum absolute atomic E-state index is 0.0205. The maximum atomic E-state index is 12.8. The Bertz CT molecular complexity index is 1050. The number of nitrogens with zero attached hydrogens (tertiary/aromatic N) is 3. The highest BCUT2D eigenvalue weighted by molar-refractivity contribution is 7.22. The number of piperidine rings is 1. The monoisotopic (exact) mass is 353 g/mol. The summed E-state index contributed by atoms with van der Waals surface area (Å²) in [7, 11) is 0. The lowest BCUT2D eigenvalue weighted by Gasteiger charge is -2.23. The number of rotatable bonds is 1. The maximum Gasteiger partial charge on any atom is 0.268 e. The van der Waals surface area contributed by atoms with E-state index in [4.69, 9.17) is 4.98 Å². The molecule has 3 unspecified atom stereocenters. The van der Waals surface area contributed by atoms with E-state index in [1.165, 1.54) is 16.9 Å². The number of nitrogens with one attached hydrogen (secondary N) is 2. The molecule has 0 aromatic carbocycles. The molecule has 0 radical (unpaired) electrons. The van der Waals surface area contributed by atoms with Gasteiger partial charge in [-0.2, -0.15) is 5.10 Å². The molecule has 6 nitrogen and oxygen atoms in total. The van der Waals surface area contributed by atoms with Crippen molar-refractivity contribution in [3.63, 3.8) is 0 Å². The standard InChI is InChI=1S/C18H19N5OS/c24-18-16-14(20-17(21-18)13-6-9-4-5-23(13)8-9)10-2-1-3-12-11(7-19-22-12)15(10)25-16/h7,9,13H,1-6,8H2,(H,19,22)(H,20,21,24). The Morgan fingerprint density at radius 3 is 3.12 bits per heavy atom. The van der Waals surface area contributed by atoms with Crippen LogP contribution in [0.2, 0.25) is 0 Å². The number of thiophene rings is 1. The fourth-order valence-electron chi connectivity index (χ4n) is 4.88. The number of fused-ring (bicyclic) bond motifs is 7. The van der Waals surface area contributed by atoms with Crippen molar-refractivity contribution in [1.82, 2.24) is 25.1 Å². The summed E-state index contributed by atoms with van der Waals surface area (Å²) in [5, 5.41) is 7.37. The minimum atomic E-state index is 0.0205. The molecule has 3 aliphatic rings. The summed E-state index contributed by atoms with van der Waals surface area (Å²) in [5.74, 6) is 1.65. The fourth-order valence-corrected chi connectivity index (χ4v) is 6.11. The van der Waals surface area contributed by atoms with Crippen LogP contribution >= 0.6 is 11.3 Å². The van der Waals surface area contributed by atoms with E-state index in [2.05, 4.69) is 20.1 Å². The van der Waals surface area contributed by atoms with Crippen LogP contribution in [0.15, 0.2) is 11.0 Å². The molecule has 2 saturated heterocycles. The number of hydrogen-bond donors (Lipinski definition) is 2. The van der Waals surface area contributed by atoms with E-state index in [1.54, 1.807) is 11.3 Å². The van der Waals surface area contributed by atoms with Crippen LogP contribution in [0.3, 0.4) is 0 Å². The zero-order chi connectivity index (χ0) is 16.5. The number of aryl methyl sites for hydroxylation is 2. The number of aromatic nitrogens is 4. The van der Waals surface area contributed by atoms with Gasteiger partial charge in [0.1, 0.15) is 10.5 Å². The second kappa shape index (κ2) is 5.02. The Balaban J connectivity index is 1.56. The van der Waals surface area contributed by atoms with Gasteiger partial charge in [-0.15, -0.1) is 11.3 Å². The average molecular weight is 353 g/mol. The van der Waals surface area contributed by atoms with Crippen LogP contribution in [0.4, 0.5) is 0 Å². The maximum absolute atomic E-state index is 12.8. The first-order chi connectivity index (χ1) is 12.3. The van der Waals surface area contributed by atoms with Gasteiger partial charge in [0.25, 0.3) is 5.56 Å². The van der Waals surface area contributed by atoms with Gasteiger partial charge in [0.15, 0.2) is 0 Å². The molecule has 25 heavy (non-hydrogen) atoms. The summed E-state index contributed by atoms with van der Waals surface area (Å²) in [5.41, 5.74) is 4.45. The fraction of sp³-hybridized carbons (Fsp3) is 0.500. The molecule has 1 aliphatic carbocycles. The van der Waals surface area contributed by atoms with Crippen LogP contribution in [0.5, 0.6) is 0 Å². The molecular weight excluding hydrogens is 334 g/mol. The summed E-state index contributed by atoms with van der Waals surface area (Å²) in [6.07, 6.45) is 7.39. The van der Waals surface area contributed by atoms with Crippen LogP contribution in [-0.4, -0.2) is 38.2 Å². The molecule has 0 saturated carbocycles. The molecule has 0 amide bonds. The summed E-state index contributed by atoms with van der Waals surface area (Å²) in [4.78, 5) is 24.5. The van der Waals surface area contributed by atoms with Crippen molar-refractivity contribution in [2.24, 2.45) is 5.92 Å². The molecule has 3 atom stereocenters. The van der Waals surface area contributed by atoms with Crippen molar-refractivity contribution >= 4 is 21.6 Å². The smallest absolute Gasteiger partial charge is 0.268 e. The highest BCUT2D eigenvalue weighted by atomic mass is 32.1. The third kappa shape index (κ3) is 1.96. The van der Waals surface area contributed by atoms with Gasteiger partial charge in [-0.1, -0.05) is 0 Å². The van der Waals surface area contributed by atoms with Crippen LogP contribution < -0.4 is 5.56 Å². The first-order valence-corrected chi connectivity index (χ1v) is 9.92. The lowest BCUT2D eigenvalue weighted by Crippen LogP contribution is -2.26. The summed E-state index contributed by atoms with van der Waals surface area (Å²) >= 11 is 1.57. The third-order valence-corrected chi connectivity index (χ3v) is 7.35. The highest BCUT2D eigenvalue weighted by Gasteiger charge is 2.39. The molecule has 3 aromatic rings. The largest absolute Gasteiger partial charge is 0.308 e. The van der Waals surface area contributed by atoms with E-state index >= 15 is 0 Å². The van der Waals surface area contributed by atoms with Gasteiger partial charge >= 0.3 is 0 Å². The zero-order valence-electron chi connectivity index (χ0n) is 13.8. The second-order valence-corrected chi connectivity index (χ2v) is 8.56. The predicted molar refractivity (Wildman–Crippen MR) is 96.9 cm³/mol. The van der Waals surface area contributed by atoms with Crippen molar-refractivity contribution < 1.29 is 0 Å². The van der Waals surface area contributed by atoms with Crippen molar-refractivity contribution in [3.8, 4) is 10.4 Å². The summed E-state index contributed by atoms with van der Waals surface area (Å²) < 4.78 is 0.765. The molecule has 7 heteroatoms. The SMILES string of the molecule is O=c1[nH]c(C2CC3CCN2C3)nc2c3c(sc12)-c1c[nH]nc1CCC3. The van der Waals surface area contributed by atoms with Crippen LogP contribution in [0.1, 0.15) is 42.4 Å². The van der Waals surface area contributed by atoms with Crippen molar-refractivity contribution in [1.29, 1.82) is 0 Å². The third-order valence-electron chi connectivity index (χ3n) is 6.09. The van der Waals surface area contributed by atoms with Crippen molar-refractivity contribution in [2.45, 2.75) is 38.1 Å². The molecular formula is C18H19N5OS. The molecule has 3 aromatic heterocycles. The number of H-pyrrole nitrogens is 2. The van der Waals surface area contributed by atoms with Crippen LogP contribution in [-0.2, 0) is 12.8 Å². The molecule has 2 fully saturated rings. The topological polar surface area (TPSA) is 77.7 Å². The molecule has 6 rings (SSSR count). The first-order valence-electron chi connectivity index (χ1n) is 9.10. The van der Waals surface area contributed by atoms with Crippen LogP contribution in [0, 0.1) is 5.92 Å². The number of hydrogen-bond acceptors (Lipinski definition) is 5. The van der Waals surface area contributed by atoms with Gasteiger partial charge < -0.3 is 4.98 Å². The van der Waals surface area contributed by atoms with Gasteiger partial charge in [0.2, 0.25) is 0 Å². The van der Waals surface area contributed by atoms with E-state index in [0.717, 1.165) is 72.0 Å². The highest BCUT2D eigenvalue weighted by Crippen LogP contribution is 2.43. The van der Waals surface area contributed by atoms with Crippen molar-refractivity contribution in [2.75, 3.05) is 13.1 Å². The van der Waals surface area contributed by atoms with Gasteiger partial charge in [0, 0.05) is 23.2 Å². The van der Waals surface area contributed by atoms with Gasteiger partial charge in [-0.05, 0) is 50.1 Å². The molecule has 2 N–H and O–H groups in total. The van der Waals surface area contributed by atoms with E-state index in [0.29, 0.717) is 6.04 Å². The average Bonchev–Trinajstić information content (AvgIpc) is 3.37. The molecule has 2 aliphatic heterocycles. The Kier molecular flexibility index (Phi) is 2.85. The first kappa shape index (κ1) is 14.2. The van der Waals surface area contributed by atoms with E-state index in [1.807, 2.05) is 6.20 Å². The van der Waals surface area contributed by atoms with E-state index < -0.39 is 0 Å². The summed E-state index contributed by atoms with van der Waals surface area (Å²) in [6.45, 7) is 2.30. The molecule has 128 valence electrons. The predicted octanol–water partition coefficient (Wildman–Crippen LogP) is 2.63. The second-order valence-electron chi connectivity index (χ2n) is 7.54. The summed E-state index contributed by atoms with van der Waals surface area (Å²) in [6, 6.07) is 0.293. The Morgan fingerprint density at radius 2 is 2.28 bits per heavy atom.